The van der Waals surface area contributed by atoms with Crippen molar-refractivity contribution in [1.29, 1.82) is 0 Å². The lowest BCUT2D eigenvalue weighted by Crippen LogP contribution is -2.20. The van der Waals surface area contributed by atoms with E-state index in [0.717, 1.165) is 6.26 Å². The summed E-state index contributed by atoms with van der Waals surface area (Å²) in [6.45, 7) is -0.556. The minimum Gasteiger partial charge on any atom is -0.450 e. The molecular weight excluding hydrogens is 394 g/mol. The first-order valence-electron chi connectivity index (χ1n) is 7.68. The second-order valence-electron chi connectivity index (χ2n) is 5.72. The quantitative estimate of drug-likeness (QED) is 0.651. The first-order chi connectivity index (χ1) is 12.7. The molecule has 9 heteroatoms. The number of ether oxygens (including phenoxy) is 1. The van der Waals surface area contributed by atoms with Gasteiger partial charge >= 0.3 is 5.97 Å². The molecule has 140 valence electrons. The number of anilines is 1. The molecule has 2 aromatic carbocycles. The van der Waals surface area contributed by atoms with E-state index in [2.05, 4.69) is 5.32 Å². The number of amides is 1. The van der Waals surface area contributed by atoms with E-state index in [4.69, 9.17) is 20.8 Å². The Hall–Kier alpha value is -2.84. The second-order valence-corrected chi connectivity index (χ2v) is 8.17. The van der Waals surface area contributed by atoms with Crippen LogP contribution < -0.4 is 5.32 Å². The van der Waals surface area contributed by atoms with E-state index >= 15 is 0 Å². The van der Waals surface area contributed by atoms with Gasteiger partial charge in [0.1, 0.15) is 5.58 Å². The van der Waals surface area contributed by atoms with Crippen LogP contribution in [0.1, 0.15) is 10.6 Å². The summed E-state index contributed by atoms with van der Waals surface area (Å²) in [5, 5.41) is 3.60. The first kappa shape index (κ1) is 18.9. The number of rotatable bonds is 5. The molecule has 3 rings (SSSR count). The van der Waals surface area contributed by atoms with Crippen molar-refractivity contribution in [2.45, 2.75) is 4.90 Å². The highest BCUT2D eigenvalue weighted by atomic mass is 35.5. The summed E-state index contributed by atoms with van der Waals surface area (Å²) in [5.41, 5.74) is 0.741. The fourth-order valence-corrected chi connectivity index (χ4v) is 3.17. The van der Waals surface area contributed by atoms with E-state index in [0.29, 0.717) is 16.0 Å². The molecule has 3 aromatic rings. The van der Waals surface area contributed by atoms with Crippen LogP contribution in [0.3, 0.4) is 0 Å². The normalized spacial score (nSPS) is 11.3. The number of carbonyl (C=O) groups excluding carboxylic acids is 2. The molecule has 0 aliphatic rings. The average Bonchev–Trinajstić information content (AvgIpc) is 3.02. The molecular formula is C18H14ClNO6S. The fraction of sp³-hybridized carbons (Fsp3) is 0.111. The van der Waals surface area contributed by atoms with Crippen molar-refractivity contribution in [3.63, 3.8) is 0 Å². The standard InChI is InChI=1S/C18H14ClNO6S/c1-27(23,24)14-4-2-3-13(9-14)20-17(21)10-25-18(22)16-8-11-7-12(19)5-6-15(11)26-16/h2-9H,10H2,1H3,(H,20,21). The van der Waals surface area contributed by atoms with Gasteiger partial charge in [-0.1, -0.05) is 17.7 Å². The molecule has 1 amide bonds. The Morgan fingerprint density at radius 2 is 1.93 bits per heavy atom. The summed E-state index contributed by atoms with van der Waals surface area (Å²) in [7, 11) is -3.40. The monoisotopic (exact) mass is 407 g/mol. The number of benzene rings is 2. The molecule has 0 aliphatic heterocycles. The molecule has 0 aliphatic carbocycles. The Labute approximate surface area is 159 Å². The van der Waals surface area contributed by atoms with Crippen LogP contribution in [0, 0.1) is 0 Å². The molecule has 27 heavy (non-hydrogen) atoms. The Morgan fingerprint density at radius 3 is 2.67 bits per heavy atom. The summed E-state index contributed by atoms with van der Waals surface area (Å²) in [6.07, 6.45) is 1.07. The molecule has 1 heterocycles. The minimum absolute atomic E-state index is 0.0564. The van der Waals surface area contributed by atoms with Crippen LogP contribution in [0.25, 0.3) is 11.0 Å². The van der Waals surface area contributed by atoms with Gasteiger partial charge in [-0.2, -0.15) is 0 Å². The van der Waals surface area contributed by atoms with E-state index in [1.165, 1.54) is 30.3 Å². The Morgan fingerprint density at radius 1 is 1.15 bits per heavy atom. The smallest absolute Gasteiger partial charge is 0.374 e. The highest BCUT2D eigenvalue weighted by Gasteiger charge is 2.16. The molecule has 0 radical (unpaired) electrons. The maximum atomic E-state index is 12.0. The highest BCUT2D eigenvalue weighted by Crippen LogP contribution is 2.23. The number of fused-ring (bicyclic) bond motifs is 1. The van der Waals surface area contributed by atoms with Crippen molar-refractivity contribution in [3.05, 3.63) is 59.3 Å². The van der Waals surface area contributed by atoms with Crippen LogP contribution in [0.4, 0.5) is 5.69 Å². The lowest BCUT2D eigenvalue weighted by Gasteiger charge is -2.07. The molecule has 0 unspecified atom stereocenters. The zero-order valence-corrected chi connectivity index (χ0v) is 15.6. The van der Waals surface area contributed by atoms with Crippen molar-refractivity contribution in [2.75, 3.05) is 18.2 Å². The topological polar surface area (TPSA) is 103 Å². The van der Waals surface area contributed by atoms with E-state index < -0.39 is 28.3 Å². The molecule has 0 spiro atoms. The third-order valence-corrected chi connectivity index (χ3v) is 4.91. The van der Waals surface area contributed by atoms with Crippen LogP contribution in [0.5, 0.6) is 0 Å². The maximum Gasteiger partial charge on any atom is 0.374 e. The minimum atomic E-state index is -3.40. The average molecular weight is 408 g/mol. The molecule has 0 saturated carbocycles. The lowest BCUT2D eigenvalue weighted by molar-refractivity contribution is -0.119. The summed E-state index contributed by atoms with van der Waals surface area (Å²) in [4.78, 5) is 24.0. The van der Waals surface area contributed by atoms with Crippen LogP contribution in [-0.2, 0) is 19.4 Å². The number of nitrogens with one attached hydrogen (secondary N) is 1. The van der Waals surface area contributed by atoms with Gasteiger partial charge in [0.2, 0.25) is 5.76 Å². The van der Waals surface area contributed by atoms with E-state index in [9.17, 15) is 18.0 Å². The molecule has 0 bridgehead atoms. The zero-order valence-electron chi connectivity index (χ0n) is 14.1. The first-order valence-corrected chi connectivity index (χ1v) is 9.95. The van der Waals surface area contributed by atoms with Gasteiger partial charge in [-0.05, 0) is 42.5 Å². The molecule has 0 fully saturated rings. The second kappa shape index (κ2) is 7.42. The number of halogens is 1. The van der Waals surface area contributed by atoms with E-state index in [1.807, 2.05) is 0 Å². The summed E-state index contributed by atoms with van der Waals surface area (Å²) in [6, 6.07) is 12.1. The van der Waals surface area contributed by atoms with E-state index in [-0.39, 0.29) is 16.3 Å². The van der Waals surface area contributed by atoms with Crippen LogP contribution >= 0.6 is 11.6 Å². The third-order valence-electron chi connectivity index (χ3n) is 3.56. The Balaban J connectivity index is 1.62. The van der Waals surface area contributed by atoms with Crippen LogP contribution in [0.15, 0.2) is 57.8 Å². The van der Waals surface area contributed by atoms with Gasteiger partial charge in [0.05, 0.1) is 4.90 Å². The largest absolute Gasteiger partial charge is 0.450 e. The summed E-state index contributed by atoms with van der Waals surface area (Å²) >= 11 is 5.88. The van der Waals surface area contributed by atoms with Gasteiger partial charge in [0, 0.05) is 22.4 Å². The van der Waals surface area contributed by atoms with Crippen molar-refractivity contribution in [2.24, 2.45) is 0 Å². The third kappa shape index (κ3) is 4.66. The van der Waals surface area contributed by atoms with E-state index in [1.54, 1.807) is 18.2 Å². The number of hydrogen-bond acceptors (Lipinski definition) is 6. The van der Waals surface area contributed by atoms with Crippen LogP contribution in [0.2, 0.25) is 5.02 Å². The predicted molar refractivity (Wildman–Crippen MR) is 99.7 cm³/mol. The summed E-state index contributed by atoms with van der Waals surface area (Å²) in [5.74, 6) is -1.48. The summed E-state index contributed by atoms with van der Waals surface area (Å²) < 4.78 is 33.4. The Bertz CT molecular complexity index is 1140. The number of hydrogen-bond donors (Lipinski definition) is 1. The van der Waals surface area contributed by atoms with Gasteiger partial charge < -0.3 is 14.5 Å². The number of sulfone groups is 1. The molecule has 1 aromatic heterocycles. The molecule has 7 nitrogen and oxygen atoms in total. The van der Waals surface area contributed by atoms with Crippen molar-refractivity contribution in [3.8, 4) is 0 Å². The van der Waals surface area contributed by atoms with Gasteiger partial charge in [-0.15, -0.1) is 0 Å². The van der Waals surface area contributed by atoms with Gasteiger partial charge in [-0.25, -0.2) is 13.2 Å². The highest BCUT2D eigenvalue weighted by molar-refractivity contribution is 7.90. The van der Waals surface area contributed by atoms with Gasteiger partial charge in [-0.3, -0.25) is 4.79 Å². The lowest BCUT2D eigenvalue weighted by atomic mass is 10.2. The molecule has 0 atom stereocenters. The fourth-order valence-electron chi connectivity index (χ4n) is 2.32. The van der Waals surface area contributed by atoms with Crippen molar-refractivity contribution < 1.29 is 27.2 Å². The predicted octanol–water partition coefficient (Wildman–Crippen LogP) is 3.29. The Kier molecular flexibility index (Phi) is 5.20. The molecule has 0 saturated heterocycles. The van der Waals surface area contributed by atoms with Crippen LogP contribution in [-0.4, -0.2) is 33.2 Å². The molecule has 1 N–H and O–H groups in total. The SMILES string of the molecule is CS(=O)(=O)c1cccc(NC(=O)COC(=O)c2cc3cc(Cl)ccc3o2)c1. The van der Waals surface area contributed by atoms with Gasteiger partial charge in [0.25, 0.3) is 5.91 Å². The van der Waals surface area contributed by atoms with Crippen molar-refractivity contribution in [1.82, 2.24) is 0 Å². The zero-order chi connectivity index (χ0) is 19.6. The van der Waals surface area contributed by atoms with Crippen molar-refractivity contribution >= 4 is 50.0 Å². The number of carbonyl (C=O) groups is 2. The maximum absolute atomic E-state index is 12.0. The van der Waals surface area contributed by atoms with Gasteiger partial charge in [0.15, 0.2) is 16.4 Å². The number of esters is 1. The number of furan rings is 1.